The lowest BCUT2D eigenvalue weighted by atomic mass is 9.92. The van der Waals surface area contributed by atoms with E-state index in [9.17, 15) is 14.4 Å². The summed E-state index contributed by atoms with van der Waals surface area (Å²) in [4.78, 5) is 40.0. The summed E-state index contributed by atoms with van der Waals surface area (Å²) in [6, 6.07) is 15.8. The van der Waals surface area contributed by atoms with Crippen molar-refractivity contribution in [3.63, 3.8) is 0 Å². The highest BCUT2D eigenvalue weighted by molar-refractivity contribution is 6.04. The number of cyclic esters (lactones) is 1. The Hall–Kier alpha value is -3.61. The van der Waals surface area contributed by atoms with Crippen LogP contribution in [-0.4, -0.2) is 46.6 Å². The molecule has 0 N–H and O–H groups in total. The van der Waals surface area contributed by atoms with Crippen LogP contribution >= 0.6 is 0 Å². The molecule has 0 radical (unpaired) electrons. The van der Waals surface area contributed by atoms with E-state index in [1.54, 1.807) is 30.3 Å². The topological polar surface area (TPSA) is 76.2 Å². The maximum atomic E-state index is 12.8. The first kappa shape index (κ1) is 17.8. The van der Waals surface area contributed by atoms with Crippen LogP contribution in [0.5, 0.6) is 5.75 Å². The molecule has 28 heavy (non-hydrogen) atoms. The molecule has 2 aromatic rings. The van der Waals surface area contributed by atoms with Gasteiger partial charge >= 0.3 is 12.2 Å². The molecule has 2 aromatic carbocycles. The Balaban J connectivity index is 1.55. The van der Waals surface area contributed by atoms with Crippen LogP contribution in [0.1, 0.15) is 11.6 Å². The molecule has 0 spiro atoms. The van der Waals surface area contributed by atoms with Gasteiger partial charge in [-0.15, -0.1) is 6.58 Å². The number of carbonyl (C=O) groups excluding carboxylic acids is 3. The molecule has 3 amide bonds. The van der Waals surface area contributed by atoms with Crippen LogP contribution in [0.25, 0.3) is 0 Å². The smallest absolute Gasteiger partial charge is 0.422 e. The van der Waals surface area contributed by atoms with E-state index in [4.69, 9.17) is 9.47 Å². The van der Waals surface area contributed by atoms with Gasteiger partial charge in [0.05, 0.1) is 12.1 Å². The summed E-state index contributed by atoms with van der Waals surface area (Å²) in [6.45, 7) is 3.86. The van der Waals surface area contributed by atoms with Gasteiger partial charge in [0.15, 0.2) is 0 Å². The number of para-hydroxylation sites is 1. The van der Waals surface area contributed by atoms with Gasteiger partial charge in [0.2, 0.25) is 0 Å². The number of amides is 3. The molecule has 3 atom stereocenters. The molecule has 7 nitrogen and oxygen atoms in total. The van der Waals surface area contributed by atoms with E-state index in [1.165, 1.54) is 11.0 Å². The predicted molar refractivity (Wildman–Crippen MR) is 99.5 cm³/mol. The van der Waals surface area contributed by atoms with Gasteiger partial charge in [0.1, 0.15) is 18.4 Å². The molecule has 7 heteroatoms. The van der Waals surface area contributed by atoms with Gasteiger partial charge in [-0.3, -0.25) is 9.69 Å². The minimum atomic E-state index is -0.860. The van der Waals surface area contributed by atoms with Crippen LogP contribution in [0, 0.1) is 0 Å². The number of benzene rings is 2. The summed E-state index contributed by atoms with van der Waals surface area (Å²) >= 11 is 0. The highest BCUT2D eigenvalue weighted by Gasteiger charge is 2.57. The Morgan fingerprint density at radius 1 is 1.07 bits per heavy atom. The number of hydrogen-bond acceptors (Lipinski definition) is 5. The predicted octanol–water partition coefficient (Wildman–Crippen LogP) is 3.14. The number of likely N-dealkylation sites (tertiary alicyclic amines) is 1. The molecule has 0 bridgehead atoms. The van der Waals surface area contributed by atoms with Gasteiger partial charge in [-0.25, -0.2) is 14.5 Å². The van der Waals surface area contributed by atoms with Crippen molar-refractivity contribution in [2.75, 3.05) is 6.61 Å². The van der Waals surface area contributed by atoms with E-state index < -0.39 is 36.2 Å². The second kappa shape index (κ2) is 7.19. The molecular weight excluding hydrogens is 360 g/mol. The Morgan fingerprint density at radius 3 is 2.36 bits per heavy atom. The standard InChI is InChI=1S/C21H18N2O5/c1-2-16-18(19(24)23(16)21(26)28-15-11-7-4-8-12-15)22-17(13-27-20(22)25)14-9-5-3-6-10-14/h2-12,16-18H,1,13H2/t16-,17-,18-/m1/s1. The Bertz CT molecular complexity index is 915. The van der Waals surface area contributed by atoms with E-state index in [-0.39, 0.29) is 6.61 Å². The van der Waals surface area contributed by atoms with Gasteiger partial charge < -0.3 is 9.47 Å². The van der Waals surface area contributed by atoms with Crippen LogP contribution < -0.4 is 4.74 Å². The molecule has 0 aliphatic carbocycles. The largest absolute Gasteiger partial charge is 0.447 e. The van der Waals surface area contributed by atoms with Crippen LogP contribution in [0.4, 0.5) is 9.59 Å². The third-order valence-corrected chi connectivity index (χ3v) is 4.89. The summed E-state index contributed by atoms with van der Waals surface area (Å²) in [5, 5.41) is 0. The first-order valence-corrected chi connectivity index (χ1v) is 8.84. The van der Waals surface area contributed by atoms with Crippen LogP contribution in [0.3, 0.4) is 0 Å². The first-order valence-electron chi connectivity index (χ1n) is 8.84. The van der Waals surface area contributed by atoms with E-state index in [1.807, 2.05) is 30.3 Å². The molecule has 2 heterocycles. The number of ether oxygens (including phenoxy) is 2. The Labute approximate surface area is 161 Å². The van der Waals surface area contributed by atoms with Gasteiger partial charge in [-0.05, 0) is 17.7 Å². The SMILES string of the molecule is C=C[C@@H]1[C@@H](N2C(=O)OC[C@@H]2c2ccccc2)C(=O)N1C(=O)Oc1ccccc1. The molecule has 142 valence electrons. The highest BCUT2D eigenvalue weighted by Crippen LogP contribution is 2.37. The number of hydrogen-bond donors (Lipinski definition) is 0. The van der Waals surface area contributed by atoms with Gasteiger partial charge in [-0.2, -0.15) is 0 Å². The van der Waals surface area contributed by atoms with Crippen molar-refractivity contribution >= 4 is 18.1 Å². The molecular formula is C21H18N2O5. The fraction of sp³-hybridized carbons (Fsp3) is 0.190. The second-order valence-corrected chi connectivity index (χ2v) is 6.47. The number of imide groups is 1. The molecule has 4 rings (SSSR count). The highest BCUT2D eigenvalue weighted by atomic mass is 16.6. The Kier molecular flexibility index (Phi) is 4.57. The molecule has 2 aliphatic heterocycles. The fourth-order valence-corrected chi connectivity index (χ4v) is 3.53. The molecule has 2 saturated heterocycles. The number of carbonyl (C=O) groups is 3. The number of β-lactam (4-membered cyclic amide) rings is 1. The zero-order valence-electron chi connectivity index (χ0n) is 14.9. The van der Waals surface area contributed by atoms with Crippen molar-refractivity contribution in [3.05, 3.63) is 78.9 Å². The van der Waals surface area contributed by atoms with Crippen molar-refractivity contribution in [1.82, 2.24) is 9.80 Å². The number of rotatable bonds is 4. The van der Waals surface area contributed by atoms with E-state index in [2.05, 4.69) is 6.58 Å². The number of nitrogens with zero attached hydrogens (tertiary/aromatic N) is 2. The van der Waals surface area contributed by atoms with Crippen LogP contribution in [0.2, 0.25) is 0 Å². The maximum Gasteiger partial charge on any atom is 0.422 e. The molecule has 0 aromatic heterocycles. The van der Waals surface area contributed by atoms with Crippen molar-refractivity contribution < 1.29 is 23.9 Å². The summed E-state index contributed by atoms with van der Waals surface area (Å²) in [7, 11) is 0. The van der Waals surface area contributed by atoms with Crippen LogP contribution in [-0.2, 0) is 9.53 Å². The summed E-state index contributed by atoms with van der Waals surface area (Å²) in [5.41, 5.74) is 0.856. The molecule has 0 saturated carbocycles. The molecule has 2 aliphatic rings. The quantitative estimate of drug-likeness (QED) is 0.603. The van der Waals surface area contributed by atoms with Gasteiger partial charge in [-0.1, -0.05) is 54.6 Å². The summed E-state index contributed by atoms with van der Waals surface area (Å²) < 4.78 is 10.4. The molecule has 2 fully saturated rings. The minimum absolute atomic E-state index is 0.144. The lowest BCUT2D eigenvalue weighted by Gasteiger charge is -2.47. The fourth-order valence-electron chi connectivity index (χ4n) is 3.53. The monoisotopic (exact) mass is 378 g/mol. The third kappa shape index (κ3) is 2.90. The van der Waals surface area contributed by atoms with Crippen molar-refractivity contribution in [2.45, 2.75) is 18.1 Å². The van der Waals surface area contributed by atoms with E-state index in [0.29, 0.717) is 5.75 Å². The van der Waals surface area contributed by atoms with Gasteiger partial charge in [0.25, 0.3) is 5.91 Å². The van der Waals surface area contributed by atoms with Crippen molar-refractivity contribution in [2.24, 2.45) is 0 Å². The zero-order valence-corrected chi connectivity index (χ0v) is 14.9. The summed E-state index contributed by atoms with van der Waals surface area (Å²) in [5.74, 6) is -0.195. The average Bonchev–Trinajstić information content (AvgIpc) is 3.08. The van der Waals surface area contributed by atoms with E-state index >= 15 is 0 Å². The maximum absolute atomic E-state index is 12.8. The second-order valence-electron chi connectivity index (χ2n) is 6.47. The minimum Gasteiger partial charge on any atom is -0.447 e. The van der Waals surface area contributed by atoms with Crippen LogP contribution in [0.15, 0.2) is 73.3 Å². The average molecular weight is 378 g/mol. The first-order chi connectivity index (χ1) is 13.6. The summed E-state index contributed by atoms with van der Waals surface area (Å²) in [6.07, 6.45) is 0.0719. The van der Waals surface area contributed by atoms with Crippen molar-refractivity contribution in [1.29, 1.82) is 0 Å². The van der Waals surface area contributed by atoms with Gasteiger partial charge in [0, 0.05) is 0 Å². The lowest BCUT2D eigenvalue weighted by molar-refractivity contribution is -0.150. The normalized spacial score (nSPS) is 23.8. The zero-order chi connectivity index (χ0) is 19.7. The van der Waals surface area contributed by atoms with Crippen molar-refractivity contribution in [3.8, 4) is 5.75 Å². The third-order valence-electron chi connectivity index (χ3n) is 4.89. The Morgan fingerprint density at radius 2 is 1.71 bits per heavy atom. The molecule has 0 unspecified atom stereocenters. The lowest BCUT2D eigenvalue weighted by Crippen LogP contribution is -2.72. The van der Waals surface area contributed by atoms with E-state index in [0.717, 1.165) is 10.5 Å².